The first-order valence-electron chi connectivity index (χ1n) is 10.2. The van der Waals surface area contributed by atoms with Crippen molar-refractivity contribution in [2.24, 2.45) is 34.8 Å². The molecule has 4 bridgehead atoms. The Balaban J connectivity index is 1.28. The van der Waals surface area contributed by atoms with Crippen LogP contribution in [0.5, 0.6) is 0 Å². The van der Waals surface area contributed by atoms with Crippen LogP contribution < -0.4 is 11.1 Å². The standard InChI is InChI=1S/C20H33N3O2/c1-13-2-17(10-21)12-23(13)19(25)11-22-18(24)9-20-6-14-3-15(7-20)5-16(4-14)8-20/h13-17H,2-12,21H2,1H3,(H,22,24). The van der Waals surface area contributed by atoms with Crippen molar-refractivity contribution in [3.63, 3.8) is 0 Å². The lowest BCUT2D eigenvalue weighted by Crippen LogP contribution is -2.49. The van der Waals surface area contributed by atoms with E-state index < -0.39 is 0 Å². The average molecular weight is 348 g/mol. The van der Waals surface area contributed by atoms with E-state index in [-0.39, 0.29) is 29.8 Å². The molecule has 4 saturated carbocycles. The third kappa shape index (κ3) is 3.44. The largest absolute Gasteiger partial charge is 0.347 e. The Morgan fingerprint density at radius 1 is 1.08 bits per heavy atom. The van der Waals surface area contributed by atoms with E-state index in [0.717, 1.165) is 30.7 Å². The summed E-state index contributed by atoms with van der Waals surface area (Å²) in [6.45, 7) is 3.59. The van der Waals surface area contributed by atoms with Gasteiger partial charge in [0, 0.05) is 19.0 Å². The number of likely N-dealkylation sites (tertiary alicyclic amines) is 1. The van der Waals surface area contributed by atoms with Crippen LogP contribution in [0.15, 0.2) is 0 Å². The van der Waals surface area contributed by atoms with Gasteiger partial charge in [-0.15, -0.1) is 0 Å². The molecule has 5 rings (SSSR count). The van der Waals surface area contributed by atoms with Crippen LogP contribution in [0.1, 0.15) is 58.3 Å². The molecule has 5 aliphatic rings. The van der Waals surface area contributed by atoms with Crippen molar-refractivity contribution in [2.75, 3.05) is 19.6 Å². The van der Waals surface area contributed by atoms with Crippen LogP contribution >= 0.6 is 0 Å². The summed E-state index contributed by atoms with van der Waals surface area (Å²) in [6, 6.07) is 0.237. The van der Waals surface area contributed by atoms with E-state index in [0.29, 0.717) is 18.9 Å². The number of amides is 2. The smallest absolute Gasteiger partial charge is 0.242 e. The molecule has 2 amide bonds. The summed E-state index contributed by atoms with van der Waals surface area (Å²) in [6.07, 6.45) is 9.51. The molecule has 0 radical (unpaired) electrons. The molecule has 1 aliphatic heterocycles. The van der Waals surface area contributed by atoms with Crippen LogP contribution in [0.4, 0.5) is 0 Å². The lowest BCUT2D eigenvalue weighted by Gasteiger charge is -2.56. The van der Waals surface area contributed by atoms with Crippen LogP contribution in [-0.2, 0) is 9.59 Å². The number of nitrogens with two attached hydrogens (primary N) is 1. The zero-order valence-corrected chi connectivity index (χ0v) is 15.5. The molecule has 0 spiro atoms. The van der Waals surface area contributed by atoms with Crippen molar-refractivity contribution < 1.29 is 9.59 Å². The topological polar surface area (TPSA) is 75.4 Å². The molecule has 5 nitrogen and oxygen atoms in total. The Morgan fingerprint density at radius 3 is 2.20 bits per heavy atom. The van der Waals surface area contributed by atoms with Crippen LogP contribution in [0.2, 0.25) is 0 Å². The second-order valence-electron chi connectivity index (χ2n) is 9.60. The minimum atomic E-state index is 0.0438. The van der Waals surface area contributed by atoms with Crippen molar-refractivity contribution in [2.45, 2.75) is 64.3 Å². The van der Waals surface area contributed by atoms with Gasteiger partial charge in [-0.25, -0.2) is 0 Å². The number of nitrogens with zero attached hydrogens (tertiary/aromatic N) is 1. The first-order chi connectivity index (χ1) is 12.0. The van der Waals surface area contributed by atoms with E-state index in [4.69, 9.17) is 5.73 Å². The molecule has 140 valence electrons. The highest BCUT2D eigenvalue weighted by atomic mass is 16.2. The predicted octanol–water partition coefficient (Wildman–Crippen LogP) is 1.90. The van der Waals surface area contributed by atoms with Gasteiger partial charge < -0.3 is 16.0 Å². The van der Waals surface area contributed by atoms with Crippen molar-refractivity contribution in [3.8, 4) is 0 Å². The molecule has 25 heavy (non-hydrogen) atoms. The predicted molar refractivity (Wildman–Crippen MR) is 96.6 cm³/mol. The number of carbonyl (C=O) groups excluding carboxylic acids is 2. The SMILES string of the molecule is CC1CC(CN)CN1C(=O)CNC(=O)CC12CC3CC(CC(C3)C1)C2. The third-order valence-electron chi connectivity index (χ3n) is 7.45. The van der Waals surface area contributed by atoms with Gasteiger partial charge in [0.25, 0.3) is 0 Å². The molecule has 0 aromatic carbocycles. The Kier molecular flexibility index (Phi) is 4.55. The van der Waals surface area contributed by atoms with Gasteiger partial charge in [-0.05, 0) is 87.5 Å². The van der Waals surface area contributed by atoms with E-state index in [1.165, 1.54) is 38.5 Å². The van der Waals surface area contributed by atoms with Gasteiger partial charge in [0.05, 0.1) is 6.54 Å². The zero-order chi connectivity index (χ0) is 17.6. The molecule has 0 aromatic rings. The Bertz CT molecular complexity index is 512. The van der Waals surface area contributed by atoms with E-state index in [9.17, 15) is 9.59 Å². The molecule has 1 saturated heterocycles. The molecule has 2 unspecified atom stereocenters. The molecule has 1 heterocycles. The summed E-state index contributed by atoms with van der Waals surface area (Å²) in [5.41, 5.74) is 5.98. The normalized spacial score (nSPS) is 42.0. The molecule has 0 aromatic heterocycles. The highest BCUT2D eigenvalue weighted by molar-refractivity contribution is 5.85. The fourth-order valence-electron chi connectivity index (χ4n) is 6.85. The van der Waals surface area contributed by atoms with Gasteiger partial charge in [-0.1, -0.05) is 0 Å². The maximum absolute atomic E-state index is 12.5. The molecular formula is C20H33N3O2. The molecule has 5 heteroatoms. The van der Waals surface area contributed by atoms with Crippen LogP contribution in [0, 0.1) is 29.1 Å². The average Bonchev–Trinajstić information content (AvgIpc) is 2.92. The summed E-state index contributed by atoms with van der Waals surface area (Å²) in [7, 11) is 0. The third-order valence-corrected chi connectivity index (χ3v) is 7.45. The minimum absolute atomic E-state index is 0.0438. The highest BCUT2D eigenvalue weighted by Crippen LogP contribution is 2.61. The lowest BCUT2D eigenvalue weighted by atomic mass is 9.49. The van der Waals surface area contributed by atoms with Gasteiger partial charge >= 0.3 is 0 Å². The molecule has 4 aliphatic carbocycles. The van der Waals surface area contributed by atoms with Gasteiger partial charge in [-0.3, -0.25) is 9.59 Å². The van der Waals surface area contributed by atoms with Gasteiger partial charge in [0.15, 0.2) is 0 Å². The monoisotopic (exact) mass is 347 g/mol. The van der Waals surface area contributed by atoms with Gasteiger partial charge in [-0.2, -0.15) is 0 Å². The lowest BCUT2D eigenvalue weighted by molar-refractivity contribution is -0.136. The summed E-state index contributed by atoms with van der Waals surface area (Å²) in [5, 5.41) is 2.93. The summed E-state index contributed by atoms with van der Waals surface area (Å²) in [5.74, 6) is 3.11. The number of hydrogen-bond acceptors (Lipinski definition) is 3. The van der Waals surface area contributed by atoms with Crippen LogP contribution in [-0.4, -0.2) is 42.4 Å². The molecular weight excluding hydrogens is 314 g/mol. The van der Waals surface area contributed by atoms with Crippen LogP contribution in [0.3, 0.4) is 0 Å². The highest BCUT2D eigenvalue weighted by Gasteiger charge is 2.51. The van der Waals surface area contributed by atoms with E-state index in [1.807, 2.05) is 4.90 Å². The minimum Gasteiger partial charge on any atom is -0.347 e. The Hall–Kier alpha value is -1.10. The number of rotatable bonds is 5. The van der Waals surface area contributed by atoms with Crippen molar-refractivity contribution in [3.05, 3.63) is 0 Å². The number of carbonyl (C=O) groups is 2. The summed E-state index contributed by atoms with van der Waals surface area (Å²) < 4.78 is 0. The summed E-state index contributed by atoms with van der Waals surface area (Å²) in [4.78, 5) is 26.9. The second kappa shape index (κ2) is 6.57. The van der Waals surface area contributed by atoms with E-state index in [1.54, 1.807) is 0 Å². The van der Waals surface area contributed by atoms with Gasteiger partial charge in [0.1, 0.15) is 0 Å². The quantitative estimate of drug-likeness (QED) is 0.798. The van der Waals surface area contributed by atoms with Crippen molar-refractivity contribution in [1.82, 2.24) is 10.2 Å². The maximum atomic E-state index is 12.5. The molecule has 3 N–H and O–H groups in total. The fraction of sp³-hybridized carbons (Fsp3) is 0.900. The number of hydrogen-bond donors (Lipinski definition) is 2. The molecule has 2 atom stereocenters. The van der Waals surface area contributed by atoms with E-state index in [2.05, 4.69) is 12.2 Å². The maximum Gasteiger partial charge on any atom is 0.242 e. The Labute approximate surface area is 151 Å². The van der Waals surface area contributed by atoms with Crippen molar-refractivity contribution in [1.29, 1.82) is 0 Å². The first kappa shape index (κ1) is 17.3. The number of nitrogens with one attached hydrogen (secondary N) is 1. The van der Waals surface area contributed by atoms with Crippen LogP contribution in [0.25, 0.3) is 0 Å². The van der Waals surface area contributed by atoms with Gasteiger partial charge in [0.2, 0.25) is 11.8 Å². The zero-order valence-electron chi connectivity index (χ0n) is 15.5. The van der Waals surface area contributed by atoms with E-state index >= 15 is 0 Å². The Morgan fingerprint density at radius 2 is 1.68 bits per heavy atom. The van der Waals surface area contributed by atoms with Crippen molar-refractivity contribution >= 4 is 11.8 Å². The first-order valence-corrected chi connectivity index (χ1v) is 10.2. The summed E-state index contributed by atoms with van der Waals surface area (Å²) >= 11 is 0. The fourth-order valence-corrected chi connectivity index (χ4v) is 6.85. The molecule has 5 fully saturated rings. The second-order valence-corrected chi connectivity index (χ2v) is 9.60.